The molecule has 4 aromatic rings. The number of nitrogens with zero attached hydrogens (tertiary/aromatic N) is 5. The Balaban J connectivity index is 1.56. The summed E-state index contributed by atoms with van der Waals surface area (Å²) in [7, 11) is 1.87. The van der Waals surface area contributed by atoms with Gasteiger partial charge in [0.25, 0.3) is 17.7 Å². The maximum Gasteiger partial charge on any atom is 0.274 e. The van der Waals surface area contributed by atoms with E-state index < -0.39 is 29.9 Å². The van der Waals surface area contributed by atoms with Crippen molar-refractivity contribution in [2.45, 2.75) is 58.7 Å². The first-order valence-corrected chi connectivity index (χ1v) is 14.7. The summed E-state index contributed by atoms with van der Waals surface area (Å²) in [5, 5.41) is 13.4. The fourth-order valence-corrected chi connectivity index (χ4v) is 6.18. The molecule has 3 amide bonds. The lowest BCUT2D eigenvalue weighted by atomic mass is 9.99. The first kappa shape index (κ1) is 27.6. The van der Waals surface area contributed by atoms with Crippen molar-refractivity contribution >= 4 is 40.4 Å². The molecule has 0 spiro atoms. The van der Waals surface area contributed by atoms with E-state index in [0.29, 0.717) is 22.2 Å². The van der Waals surface area contributed by atoms with E-state index in [9.17, 15) is 14.4 Å². The lowest BCUT2D eigenvalue weighted by Crippen LogP contribution is -2.34. The van der Waals surface area contributed by atoms with E-state index in [-0.39, 0.29) is 34.8 Å². The lowest BCUT2D eigenvalue weighted by molar-refractivity contribution is 0.0914. The molecule has 4 atom stereocenters. The SMILES string of the molecule is CC[C@H](C)[C@@H]1NC(=O)c2nc(oc2C)[C@H](C)NC(=O)c2csc(n2)[C@H](Cc2cncn2C)NC(=O)c2csc1n2. The van der Waals surface area contributed by atoms with Crippen molar-refractivity contribution in [3.05, 3.63) is 67.7 Å². The lowest BCUT2D eigenvalue weighted by Gasteiger charge is -2.22. The average Bonchev–Trinajstić information content (AvgIpc) is 3.73. The predicted octanol–water partition coefficient (Wildman–Crippen LogP) is 3.66. The standard InChI is InChI=1S/C26H30N8O4S2/c1-6-12(2)19-26-31-18(10-40-26)22(36)29-16(7-15-8-27-11-34(15)5)25-30-17(9-39-25)21(35)28-13(3)24-33-20(14(4)38-24)23(37)32-19/h8-13,16,19H,6-7H2,1-5H3,(H,28,35)(H,29,36)(H,32,37)/t12-,13-,16-,19-/m0/s1. The zero-order chi connectivity index (χ0) is 28.6. The van der Waals surface area contributed by atoms with Crippen molar-refractivity contribution in [2.75, 3.05) is 0 Å². The maximum atomic E-state index is 13.4. The summed E-state index contributed by atoms with van der Waals surface area (Å²) in [6.45, 7) is 7.42. The molecule has 6 bridgehead atoms. The van der Waals surface area contributed by atoms with Crippen molar-refractivity contribution in [1.82, 2.24) is 40.5 Å². The number of nitrogens with one attached hydrogen (secondary N) is 3. The largest absolute Gasteiger partial charge is 0.443 e. The first-order valence-electron chi connectivity index (χ1n) is 12.9. The molecule has 5 heterocycles. The van der Waals surface area contributed by atoms with Gasteiger partial charge in [0.2, 0.25) is 5.89 Å². The average molecular weight is 583 g/mol. The fourth-order valence-electron chi connectivity index (χ4n) is 4.35. The second-order valence-electron chi connectivity index (χ2n) is 9.86. The molecular weight excluding hydrogens is 552 g/mol. The summed E-state index contributed by atoms with van der Waals surface area (Å²) >= 11 is 2.59. The van der Waals surface area contributed by atoms with Crippen LogP contribution >= 0.6 is 22.7 Å². The van der Waals surface area contributed by atoms with E-state index in [4.69, 9.17) is 4.42 Å². The zero-order valence-corrected chi connectivity index (χ0v) is 24.4. The Bertz CT molecular complexity index is 1550. The third kappa shape index (κ3) is 5.54. The molecule has 0 aromatic carbocycles. The fraction of sp³-hybridized carbons (Fsp3) is 0.423. The van der Waals surface area contributed by atoms with Gasteiger partial charge < -0.3 is 24.9 Å². The highest BCUT2D eigenvalue weighted by atomic mass is 32.1. The van der Waals surface area contributed by atoms with Crippen LogP contribution in [0.5, 0.6) is 0 Å². The number of oxazole rings is 1. The molecule has 0 aliphatic carbocycles. The molecule has 14 heteroatoms. The number of imidazole rings is 1. The number of hydrogen-bond acceptors (Lipinski definition) is 10. The highest BCUT2D eigenvalue weighted by Gasteiger charge is 2.30. The molecule has 0 fully saturated rings. The van der Waals surface area contributed by atoms with Crippen LogP contribution in [-0.2, 0) is 13.5 Å². The van der Waals surface area contributed by atoms with Crippen LogP contribution in [0.1, 0.15) is 104 Å². The zero-order valence-electron chi connectivity index (χ0n) is 22.7. The maximum absolute atomic E-state index is 13.4. The van der Waals surface area contributed by atoms with Crippen LogP contribution < -0.4 is 16.0 Å². The Hall–Kier alpha value is -3.91. The second-order valence-corrected chi connectivity index (χ2v) is 11.6. The number of hydrogen-bond donors (Lipinski definition) is 3. The van der Waals surface area contributed by atoms with Crippen molar-refractivity contribution in [3.8, 4) is 0 Å². The van der Waals surface area contributed by atoms with E-state index in [1.54, 1.807) is 37.1 Å². The highest BCUT2D eigenvalue weighted by molar-refractivity contribution is 7.10. The van der Waals surface area contributed by atoms with Gasteiger partial charge >= 0.3 is 0 Å². The topological polar surface area (TPSA) is 157 Å². The van der Waals surface area contributed by atoms with Gasteiger partial charge in [0, 0.05) is 36.1 Å². The summed E-state index contributed by atoms with van der Waals surface area (Å²) in [5.74, 6) is -0.638. The number of rotatable bonds is 4. The summed E-state index contributed by atoms with van der Waals surface area (Å²) in [4.78, 5) is 57.5. The van der Waals surface area contributed by atoms with E-state index in [1.807, 2.05) is 25.5 Å². The van der Waals surface area contributed by atoms with Gasteiger partial charge in [-0.3, -0.25) is 14.4 Å². The Morgan fingerprint density at radius 3 is 2.35 bits per heavy atom. The van der Waals surface area contributed by atoms with Crippen LogP contribution in [0.3, 0.4) is 0 Å². The molecule has 3 N–H and O–H groups in total. The van der Waals surface area contributed by atoms with Gasteiger partial charge in [-0.05, 0) is 19.8 Å². The Morgan fingerprint density at radius 2 is 1.68 bits per heavy atom. The second kappa shape index (κ2) is 11.3. The first-order chi connectivity index (χ1) is 19.1. The van der Waals surface area contributed by atoms with Crippen LogP contribution in [0, 0.1) is 12.8 Å². The molecule has 0 saturated carbocycles. The number of amides is 3. The van der Waals surface area contributed by atoms with Crippen molar-refractivity contribution in [3.63, 3.8) is 0 Å². The number of aryl methyl sites for hydroxylation is 2. The molecule has 12 nitrogen and oxygen atoms in total. The molecule has 0 saturated heterocycles. The number of fused-ring (bicyclic) bond motifs is 6. The summed E-state index contributed by atoms with van der Waals surface area (Å²) in [6, 6.07) is -1.59. The van der Waals surface area contributed by atoms with Gasteiger partial charge in [-0.1, -0.05) is 20.3 Å². The van der Waals surface area contributed by atoms with Crippen LogP contribution in [0.15, 0.2) is 27.7 Å². The monoisotopic (exact) mass is 582 g/mol. The molecule has 40 heavy (non-hydrogen) atoms. The van der Waals surface area contributed by atoms with Crippen molar-refractivity contribution in [1.29, 1.82) is 0 Å². The quantitative estimate of drug-likeness (QED) is 0.329. The number of aromatic nitrogens is 5. The Kier molecular flexibility index (Phi) is 7.81. The van der Waals surface area contributed by atoms with Gasteiger partial charge in [0.1, 0.15) is 33.2 Å². The van der Waals surface area contributed by atoms with E-state index in [1.165, 1.54) is 22.7 Å². The Labute approximate surface area is 238 Å². The summed E-state index contributed by atoms with van der Waals surface area (Å²) in [5.41, 5.74) is 1.46. The number of carbonyl (C=O) groups excluding carboxylic acids is 3. The van der Waals surface area contributed by atoms with Gasteiger partial charge in [-0.25, -0.2) is 19.9 Å². The minimum atomic E-state index is -0.617. The number of thiazole rings is 2. The van der Waals surface area contributed by atoms with Crippen LogP contribution in [0.4, 0.5) is 0 Å². The minimum absolute atomic E-state index is 0.0350. The summed E-state index contributed by atoms with van der Waals surface area (Å²) in [6.07, 6.45) is 4.60. The molecule has 0 unspecified atom stereocenters. The van der Waals surface area contributed by atoms with E-state index in [2.05, 4.69) is 35.9 Å². The third-order valence-corrected chi connectivity index (χ3v) is 8.84. The van der Waals surface area contributed by atoms with Gasteiger partial charge in [-0.2, -0.15) is 0 Å². The van der Waals surface area contributed by atoms with Crippen molar-refractivity contribution in [2.24, 2.45) is 13.0 Å². The van der Waals surface area contributed by atoms with Gasteiger partial charge in [0.15, 0.2) is 5.69 Å². The normalized spacial score (nSPS) is 20.7. The molecule has 0 radical (unpaired) electrons. The minimum Gasteiger partial charge on any atom is -0.443 e. The summed E-state index contributed by atoms with van der Waals surface area (Å²) < 4.78 is 7.64. The molecule has 210 valence electrons. The third-order valence-electron chi connectivity index (χ3n) is 6.95. The molecule has 1 aliphatic heterocycles. The predicted molar refractivity (Wildman–Crippen MR) is 148 cm³/mol. The molecule has 1 aliphatic rings. The smallest absolute Gasteiger partial charge is 0.274 e. The Morgan fingerprint density at radius 1 is 1.00 bits per heavy atom. The van der Waals surface area contributed by atoms with E-state index >= 15 is 0 Å². The van der Waals surface area contributed by atoms with Gasteiger partial charge in [0.05, 0.1) is 18.4 Å². The highest BCUT2D eigenvalue weighted by Crippen LogP contribution is 2.29. The van der Waals surface area contributed by atoms with Crippen LogP contribution in [-0.4, -0.2) is 42.2 Å². The van der Waals surface area contributed by atoms with Crippen LogP contribution in [0.2, 0.25) is 0 Å². The molecule has 4 aromatic heterocycles. The molecule has 5 rings (SSSR count). The number of carbonyl (C=O) groups is 3. The molecular formula is C26H30N8O4S2. The van der Waals surface area contributed by atoms with Gasteiger partial charge in [-0.15, -0.1) is 22.7 Å². The van der Waals surface area contributed by atoms with Crippen molar-refractivity contribution < 1.29 is 18.8 Å². The van der Waals surface area contributed by atoms with E-state index in [0.717, 1.165) is 12.1 Å². The van der Waals surface area contributed by atoms with Crippen LogP contribution in [0.25, 0.3) is 0 Å².